The van der Waals surface area contributed by atoms with Crippen molar-refractivity contribution in [3.05, 3.63) is 0 Å². The Bertz CT molecular complexity index is 1790. The van der Waals surface area contributed by atoms with Crippen LogP contribution in [-0.4, -0.2) is 117 Å². The van der Waals surface area contributed by atoms with Gasteiger partial charge in [-0.25, -0.2) is 0 Å². The Labute approximate surface area is 635 Å². The van der Waals surface area contributed by atoms with Gasteiger partial charge in [-0.05, 0) is 112 Å². The molecule has 0 bridgehead atoms. The largest absolute Gasteiger partial charge is 0.354 e. The Balaban J connectivity index is 2.55. The van der Waals surface area contributed by atoms with E-state index in [1.54, 1.807) is 47.0 Å². The fourth-order valence-electron chi connectivity index (χ4n) is 12.8. The zero-order valence-corrected chi connectivity index (χ0v) is 71.0. The van der Waals surface area contributed by atoms with Crippen LogP contribution in [0, 0.1) is 47.3 Å². The van der Waals surface area contributed by atoms with Crippen LogP contribution in [0.5, 0.6) is 0 Å². The number of thioether (sulfide) groups is 4. The minimum Gasteiger partial charge on any atom is -0.354 e. The van der Waals surface area contributed by atoms with Crippen LogP contribution in [0.15, 0.2) is 20.6 Å². The van der Waals surface area contributed by atoms with E-state index in [1.807, 2.05) is 0 Å². The molecule has 2 aromatic rings. The number of unbranched alkanes of at least 4 members (excludes halogenated alkanes) is 11. The molecule has 100 heavy (non-hydrogen) atoms. The Morgan fingerprint density at radius 1 is 0.220 bits per heavy atom. The van der Waals surface area contributed by atoms with E-state index in [0.29, 0.717) is 59.2 Å². The summed E-state index contributed by atoms with van der Waals surface area (Å²) in [5.74, 6) is 6.40. The lowest BCUT2D eigenvalue weighted by Gasteiger charge is -2.26. The predicted molar refractivity (Wildman–Crippen MR) is 444 cm³/mol. The van der Waals surface area contributed by atoms with Crippen molar-refractivity contribution in [2.45, 2.75) is 385 Å². The van der Waals surface area contributed by atoms with Crippen LogP contribution in [0.25, 0.3) is 0 Å². The van der Waals surface area contributed by atoms with Gasteiger partial charge < -0.3 is 10.6 Å². The van der Waals surface area contributed by atoms with Crippen molar-refractivity contribution < 1.29 is 0 Å². The van der Waals surface area contributed by atoms with Crippen molar-refractivity contribution in [3.63, 3.8) is 0 Å². The zero-order valence-electron chi connectivity index (χ0n) is 67.8. The number of aromatic nitrogens is 6. The third-order valence-electron chi connectivity index (χ3n) is 20.8. The fourth-order valence-corrected chi connectivity index (χ4v) is 16.3. The summed E-state index contributed by atoms with van der Waals surface area (Å²) >= 11 is 6.90. The van der Waals surface area contributed by atoms with Gasteiger partial charge in [-0.2, -0.15) is 29.9 Å². The highest BCUT2D eigenvalue weighted by Gasteiger charge is 2.25. The summed E-state index contributed by atoms with van der Waals surface area (Å²) in [5.41, 5.74) is -0.0811. The SMILES string of the molecule is CCCCC(CC)CNC(NCC(CC)CCCC)Sc1nc(NCCCCCCNc2nc(SC(NCC(CC)CCCC)NCC(CC)CCCC)nc(SC(NCC(CC)CCCC)NCC(CC)CCCC)n2)nc(SC(NCC(CC)CCCC)NCC(CC)CCCC)n1. The summed E-state index contributed by atoms with van der Waals surface area (Å²) in [7, 11) is 0. The molecule has 0 spiro atoms. The van der Waals surface area contributed by atoms with Crippen molar-refractivity contribution >= 4 is 58.9 Å². The summed E-state index contributed by atoms with van der Waals surface area (Å²) < 4.78 is 0. The lowest BCUT2D eigenvalue weighted by Crippen LogP contribution is -2.44. The Morgan fingerprint density at radius 3 is 0.540 bits per heavy atom. The van der Waals surface area contributed by atoms with E-state index in [9.17, 15) is 0 Å². The molecule has 10 N–H and O–H groups in total. The highest BCUT2D eigenvalue weighted by molar-refractivity contribution is 8.00. The maximum absolute atomic E-state index is 5.32. The van der Waals surface area contributed by atoms with Crippen LogP contribution in [0.3, 0.4) is 0 Å². The van der Waals surface area contributed by atoms with Gasteiger partial charge in [-0.1, -0.05) is 325 Å². The monoisotopic (exact) mass is 1480 g/mol. The first-order valence-corrected chi connectivity index (χ1v) is 45.9. The molecular formula is C80H162N16S4. The van der Waals surface area contributed by atoms with E-state index in [0.717, 1.165) is 112 Å². The molecule has 0 saturated heterocycles. The topological polar surface area (TPSA) is 198 Å². The molecule has 0 aliphatic rings. The number of nitrogens with zero attached hydrogens (tertiary/aromatic N) is 6. The second-order valence-corrected chi connectivity index (χ2v) is 33.6. The lowest BCUT2D eigenvalue weighted by atomic mass is 9.99. The number of anilines is 2. The van der Waals surface area contributed by atoms with Crippen LogP contribution in [0.4, 0.5) is 11.9 Å². The summed E-state index contributed by atoms with van der Waals surface area (Å²) in [5, 5.41) is 42.4. The first-order valence-electron chi connectivity index (χ1n) is 42.4. The standard InChI is InChI=1S/C80H162N16S4/c1-17-33-45-63(25-9)55-83-73(84-56-64(26-10)46-34-18-2)97-77-91-71(92-78(95-77)98-74(85-57-65(27-11)47-35-19-3)86-58-66(28-12)48-36-20-4)81-53-43-41-42-44-54-82-72-93-79(99-75(87-59-67(29-13)49-37-21-5)88-60-68(30-14)50-38-22-6)96-80(94-72)100-76(89-61-69(31-15)51-39-23-7)90-62-70(32-16)52-40-24-8/h63-70,73-76,83-90H,17-62H2,1-16H3,(H,81,91,92,95)(H,82,93,94,96). The first kappa shape index (κ1) is 94.8. The van der Waals surface area contributed by atoms with Gasteiger partial charge in [-0.3, -0.25) is 42.5 Å². The van der Waals surface area contributed by atoms with E-state index in [-0.39, 0.29) is 22.0 Å². The van der Waals surface area contributed by atoms with Crippen LogP contribution in [-0.2, 0) is 0 Å². The second-order valence-electron chi connectivity index (χ2n) is 29.3. The molecule has 0 fully saturated rings. The maximum atomic E-state index is 5.32. The van der Waals surface area contributed by atoms with Gasteiger partial charge in [0.25, 0.3) is 0 Å². The Hall–Kier alpha value is -1.30. The third kappa shape index (κ3) is 46.7. The molecule has 0 aromatic carbocycles. The average molecular weight is 1480 g/mol. The molecule has 0 radical (unpaired) electrons. The fraction of sp³-hybridized carbons (Fsp3) is 0.925. The average Bonchev–Trinajstić information content (AvgIpc) is 0.914. The molecule has 2 rings (SSSR count). The number of nitrogens with one attached hydrogen (secondary N) is 10. The van der Waals surface area contributed by atoms with Crippen molar-refractivity contribution in [1.29, 1.82) is 0 Å². The minimum absolute atomic E-state index is 0.0203. The summed E-state index contributed by atoms with van der Waals surface area (Å²) in [6.45, 7) is 46.6. The van der Waals surface area contributed by atoms with Gasteiger partial charge in [0.15, 0.2) is 20.6 Å². The summed E-state index contributed by atoms with van der Waals surface area (Å²) in [6, 6.07) is 0. The quantitative estimate of drug-likeness (QED) is 0.0170. The lowest BCUT2D eigenvalue weighted by molar-refractivity contribution is 0.370. The van der Waals surface area contributed by atoms with Gasteiger partial charge in [0.1, 0.15) is 22.0 Å². The third-order valence-corrected chi connectivity index (χ3v) is 24.7. The van der Waals surface area contributed by atoms with Crippen molar-refractivity contribution in [1.82, 2.24) is 72.4 Å². The second kappa shape index (κ2) is 64.8. The van der Waals surface area contributed by atoms with Crippen LogP contribution in [0.2, 0.25) is 0 Å². The zero-order chi connectivity index (χ0) is 73.1. The van der Waals surface area contributed by atoms with Gasteiger partial charge in [0.05, 0.1) is 0 Å². The molecule has 0 aliphatic heterocycles. The van der Waals surface area contributed by atoms with Gasteiger partial charge >= 0.3 is 0 Å². The molecule has 8 atom stereocenters. The van der Waals surface area contributed by atoms with Crippen molar-refractivity contribution in [3.8, 4) is 0 Å². The van der Waals surface area contributed by atoms with E-state index in [4.69, 9.17) is 29.9 Å². The summed E-state index contributed by atoms with van der Waals surface area (Å²) in [6.07, 6.45) is 43.5. The molecule has 16 nitrogen and oxygen atoms in total. The van der Waals surface area contributed by atoms with Crippen LogP contribution < -0.4 is 53.2 Å². The smallest absolute Gasteiger partial charge is 0.227 e. The van der Waals surface area contributed by atoms with Gasteiger partial charge in [0, 0.05) is 65.4 Å². The Morgan fingerprint density at radius 2 is 0.390 bits per heavy atom. The normalized spacial score (nSPS) is 15.6. The molecule has 0 saturated carbocycles. The van der Waals surface area contributed by atoms with Crippen LogP contribution >= 0.6 is 47.0 Å². The molecule has 2 heterocycles. The highest BCUT2D eigenvalue weighted by Crippen LogP contribution is 2.29. The van der Waals surface area contributed by atoms with Crippen molar-refractivity contribution in [2.75, 3.05) is 76.1 Å². The molecular weight excluding hydrogens is 1310 g/mol. The molecule has 2 aromatic heterocycles. The number of hydrogen-bond donors (Lipinski definition) is 10. The van der Waals surface area contributed by atoms with Crippen LogP contribution in [0.1, 0.15) is 342 Å². The molecule has 8 unspecified atom stereocenters. The van der Waals surface area contributed by atoms with E-state index < -0.39 is 0 Å². The van der Waals surface area contributed by atoms with Gasteiger partial charge in [-0.15, -0.1) is 0 Å². The van der Waals surface area contributed by atoms with Crippen molar-refractivity contribution in [2.24, 2.45) is 47.3 Å². The van der Waals surface area contributed by atoms with E-state index in [2.05, 4.69) is 164 Å². The van der Waals surface area contributed by atoms with E-state index >= 15 is 0 Å². The minimum atomic E-state index is -0.0203. The molecule has 586 valence electrons. The number of hydrogen-bond acceptors (Lipinski definition) is 20. The number of rotatable bonds is 73. The molecule has 0 amide bonds. The maximum Gasteiger partial charge on any atom is 0.227 e. The summed E-state index contributed by atoms with van der Waals surface area (Å²) in [4.78, 5) is 31.5. The first-order chi connectivity index (χ1) is 48.9. The predicted octanol–water partition coefficient (Wildman–Crippen LogP) is 21.1. The molecule has 20 heteroatoms. The van der Waals surface area contributed by atoms with E-state index in [1.165, 1.54) is 205 Å². The van der Waals surface area contributed by atoms with Gasteiger partial charge in [0.2, 0.25) is 11.9 Å². The Kier molecular flexibility index (Phi) is 61.5. The highest BCUT2D eigenvalue weighted by atomic mass is 32.2. The molecule has 0 aliphatic carbocycles.